The molecular weight excluding hydrogens is 390 g/mol. The summed E-state index contributed by atoms with van der Waals surface area (Å²) in [7, 11) is 0. The van der Waals surface area contributed by atoms with Gasteiger partial charge in [-0.1, -0.05) is 40.7 Å². The number of benzene rings is 1. The lowest BCUT2D eigenvalue weighted by Crippen LogP contribution is -2.27. The van der Waals surface area contributed by atoms with Crippen molar-refractivity contribution in [3.05, 3.63) is 48.3 Å². The molecule has 3 N–H and O–H groups in total. The van der Waals surface area contributed by atoms with E-state index in [9.17, 15) is 0 Å². The Labute approximate surface area is 184 Å². The van der Waals surface area contributed by atoms with Gasteiger partial charge in [-0.15, -0.1) is 0 Å². The maximum absolute atomic E-state index is 5.90. The van der Waals surface area contributed by atoms with Crippen LogP contribution in [-0.4, -0.2) is 51.3 Å². The lowest BCUT2D eigenvalue weighted by Gasteiger charge is -2.18. The van der Waals surface area contributed by atoms with Gasteiger partial charge in [0.1, 0.15) is 18.2 Å². The quantitative estimate of drug-likeness (QED) is 0.435. The van der Waals surface area contributed by atoms with Gasteiger partial charge >= 0.3 is 0 Å². The fourth-order valence-electron chi connectivity index (χ4n) is 3.01. The third-order valence-electron chi connectivity index (χ3n) is 4.96. The zero-order chi connectivity index (χ0) is 22.3. The van der Waals surface area contributed by atoms with Crippen LogP contribution < -0.4 is 15.4 Å². The fraction of sp³-hybridized carbons (Fsp3) is 0.435. The van der Waals surface area contributed by atoms with Crippen molar-refractivity contribution < 1.29 is 4.74 Å². The van der Waals surface area contributed by atoms with Crippen LogP contribution in [0.4, 0.5) is 23.3 Å². The van der Waals surface area contributed by atoms with E-state index >= 15 is 0 Å². The average molecular weight is 424 g/mol. The number of nitrogens with zero attached hydrogens (tertiary/aromatic N) is 4. The number of aromatic nitrogens is 4. The second kappa shape index (κ2) is 10.3. The van der Waals surface area contributed by atoms with Gasteiger partial charge in [0.05, 0.1) is 0 Å². The van der Waals surface area contributed by atoms with Crippen molar-refractivity contribution in [1.29, 1.82) is 0 Å². The maximum Gasteiger partial charge on any atom is 0.229 e. The van der Waals surface area contributed by atoms with Gasteiger partial charge < -0.3 is 20.3 Å². The molecule has 8 nitrogen and oxygen atoms in total. The van der Waals surface area contributed by atoms with E-state index in [1.807, 2.05) is 36.4 Å². The summed E-state index contributed by atoms with van der Waals surface area (Å²) in [5, 5.41) is 13.8. The zero-order valence-electron chi connectivity index (χ0n) is 19.1. The number of likely N-dealkylation sites (N-methyl/N-ethyl adjacent to an activating group) is 1. The molecule has 31 heavy (non-hydrogen) atoms. The molecule has 2 heterocycles. The SMILES string of the molecule is CCN(CC)CCOc1cccc(Nc2nccc(Nc3cc(C(C)(C)C)[nH]n3)n2)c1. The number of ether oxygens (including phenoxy) is 1. The van der Waals surface area contributed by atoms with Crippen molar-refractivity contribution in [2.45, 2.75) is 40.0 Å². The molecule has 0 bridgehead atoms. The first-order chi connectivity index (χ1) is 14.9. The third-order valence-corrected chi connectivity index (χ3v) is 4.96. The highest BCUT2D eigenvalue weighted by Crippen LogP contribution is 2.24. The van der Waals surface area contributed by atoms with Crippen LogP contribution >= 0.6 is 0 Å². The van der Waals surface area contributed by atoms with E-state index in [-0.39, 0.29) is 5.41 Å². The molecule has 0 spiro atoms. The predicted octanol–water partition coefficient (Wildman–Crippen LogP) is 4.71. The van der Waals surface area contributed by atoms with Gasteiger partial charge in [-0.05, 0) is 31.3 Å². The molecule has 3 rings (SSSR count). The molecule has 0 amide bonds. The standard InChI is InChI=1S/C23H33N7O/c1-6-30(7-2)13-14-31-18-10-8-9-17(15-18)25-22-24-12-11-20(27-22)26-21-16-19(28-29-21)23(3,4)5/h8-12,15-16H,6-7,13-14H2,1-5H3,(H3,24,25,26,27,28,29). The summed E-state index contributed by atoms with van der Waals surface area (Å²) >= 11 is 0. The summed E-state index contributed by atoms with van der Waals surface area (Å²) in [6.45, 7) is 14.3. The van der Waals surface area contributed by atoms with Crippen LogP contribution in [0.3, 0.4) is 0 Å². The monoisotopic (exact) mass is 423 g/mol. The van der Waals surface area contributed by atoms with Crippen LogP contribution in [0.2, 0.25) is 0 Å². The minimum absolute atomic E-state index is 0.00374. The van der Waals surface area contributed by atoms with E-state index in [0.29, 0.717) is 18.4 Å². The first-order valence-electron chi connectivity index (χ1n) is 10.8. The summed E-state index contributed by atoms with van der Waals surface area (Å²) < 4.78 is 5.90. The van der Waals surface area contributed by atoms with Crippen molar-refractivity contribution >= 4 is 23.3 Å². The molecular formula is C23H33N7O. The molecule has 2 aromatic heterocycles. The second-order valence-corrected chi connectivity index (χ2v) is 8.34. The smallest absolute Gasteiger partial charge is 0.229 e. The molecule has 0 aliphatic carbocycles. The zero-order valence-corrected chi connectivity index (χ0v) is 19.1. The highest BCUT2D eigenvalue weighted by Gasteiger charge is 2.16. The molecule has 1 aromatic carbocycles. The number of anilines is 4. The Bertz CT molecular complexity index is 960. The number of aromatic amines is 1. The van der Waals surface area contributed by atoms with Gasteiger partial charge in [0.15, 0.2) is 5.82 Å². The van der Waals surface area contributed by atoms with Gasteiger partial charge in [0.2, 0.25) is 5.95 Å². The first-order valence-corrected chi connectivity index (χ1v) is 10.8. The average Bonchev–Trinajstić information content (AvgIpc) is 3.21. The van der Waals surface area contributed by atoms with E-state index < -0.39 is 0 Å². The molecule has 3 aromatic rings. The third kappa shape index (κ3) is 6.68. The number of H-pyrrole nitrogens is 1. The number of hydrogen-bond donors (Lipinski definition) is 3. The van der Waals surface area contributed by atoms with Crippen LogP contribution in [0.5, 0.6) is 5.75 Å². The van der Waals surface area contributed by atoms with Crippen molar-refractivity contribution in [3.63, 3.8) is 0 Å². The van der Waals surface area contributed by atoms with Crippen molar-refractivity contribution in [2.24, 2.45) is 0 Å². The Morgan fingerprint density at radius 3 is 2.55 bits per heavy atom. The molecule has 0 saturated carbocycles. The Kier molecular flexibility index (Phi) is 7.46. The number of rotatable bonds is 10. The van der Waals surface area contributed by atoms with Crippen molar-refractivity contribution in [2.75, 3.05) is 36.9 Å². The number of nitrogens with one attached hydrogen (secondary N) is 3. The van der Waals surface area contributed by atoms with Crippen LogP contribution in [0.25, 0.3) is 0 Å². The van der Waals surface area contributed by atoms with Gasteiger partial charge in [-0.2, -0.15) is 10.1 Å². The summed E-state index contributed by atoms with van der Waals surface area (Å²) in [6.07, 6.45) is 1.71. The summed E-state index contributed by atoms with van der Waals surface area (Å²) in [5.41, 5.74) is 1.93. The Morgan fingerprint density at radius 2 is 1.84 bits per heavy atom. The number of hydrogen-bond acceptors (Lipinski definition) is 7. The molecule has 0 unspecified atom stereocenters. The second-order valence-electron chi connectivity index (χ2n) is 8.34. The van der Waals surface area contributed by atoms with E-state index in [4.69, 9.17) is 4.74 Å². The molecule has 0 saturated heterocycles. The molecule has 166 valence electrons. The van der Waals surface area contributed by atoms with E-state index in [2.05, 4.69) is 70.3 Å². The normalized spacial score (nSPS) is 11.5. The molecule has 0 aliphatic heterocycles. The van der Waals surface area contributed by atoms with E-state index in [1.165, 1.54) is 0 Å². The first kappa shape index (κ1) is 22.6. The summed E-state index contributed by atoms with van der Waals surface area (Å²) in [5.74, 6) is 2.70. The van der Waals surface area contributed by atoms with Crippen molar-refractivity contribution in [1.82, 2.24) is 25.1 Å². The molecule has 0 radical (unpaired) electrons. The van der Waals surface area contributed by atoms with E-state index in [0.717, 1.165) is 42.6 Å². The minimum Gasteiger partial charge on any atom is -0.492 e. The van der Waals surface area contributed by atoms with Gasteiger partial charge in [-0.25, -0.2) is 4.98 Å². The van der Waals surface area contributed by atoms with Crippen LogP contribution in [-0.2, 0) is 5.41 Å². The lowest BCUT2D eigenvalue weighted by atomic mass is 9.92. The van der Waals surface area contributed by atoms with Gasteiger partial charge in [0, 0.05) is 41.7 Å². The summed E-state index contributed by atoms with van der Waals surface area (Å²) in [6, 6.07) is 11.6. The lowest BCUT2D eigenvalue weighted by molar-refractivity contribution is 0.223. The topological polar surface area (TPSA) is 91.0 Å². The van der Waals surface area contributed by atoms with E-state index in [1.54, 1.807) is 6.20 Å². The molecule has 0 aliphatic rings. The van der Waals surface area contributed by atoms with Crippen LogP contribution in [0, 0.1) is 0 Å². The highest BCUT2D eigenvalue weighted by molar-refractivity contribution is 5.59. The highest BCUT2D eigenvalue weighted by atomic mass is 16.5. The Hall–Kier alpha value is -3.13. The molecule has 8 heteroatoms. The van der Waals surface area contributed by atoms with Crippen LogP contribution in [0.1, 0.15) is 40.3 Å². The van der Waals surface area contributed by atoms with Gasteiger partial charge in [-0.3, -0.25) is 5.10 Å². The largest absolute Gasteiger partial charge is 0.492 e. The van der Waals surface area contributed by atoms with Crippen LogP contribution in [0.15, 0.2) is 42.6 Å². The van der Waals surface area contributed by atoms with Gasteiger partial charge in [0.25, 0.3) is 0 Å². The Balaban J connectivity index is 1.61. The Morgan fingerprint density at radius 1 is 1.03 bits per heavy atom. The fourth-order valence-corrected chi connectivity index (χ4v) is 3.01. The molecule has 0 fully saturated rings. The summed E-state index contributed by atoms with van der Waals surface area (Å²) in [4.78, 5) is 11.2. The maximum atomic E-state index is 5.90. The van der Waals surface area contributed by atoms with Crippen molar-refractivity contribution in [3.8, 4) is 5.75 Å². The predicted molar refractivity (Wildman–Crippen MR) is 126 cm³/mol. The molecule has 0 atom stereocenters. The minimum atomic E-state index is 0.00374.